The number of barbiturate groups is 1. The van der Waals surface area contributed by atoms with E-state index in [0.717, 1.165) is 16.0 Å². The molecular formula is C21H20N2O4. The second-order valence-electron chi connectivity index (χ2n) is 6.18. The van der Waals surface area contributed by atoms with Gasteiger partial charge >= 0.3 is 6.03 Å². The third-order valence-electron chi connectivity index (χ3n) is 4.40. The molecule has 138 valence electrons. The summed E-state index contributed by atoms with van der Waals surface area (Å²) in [5.74, 6) is -0.731. The molecule has 0 atom stereocenters. The first-order valence-electron chi connectivity index (χ1n) is 8.63. The molecule has 1 heterocycles. The topological polar surface area (TPSA) is 75.7 Å². The predicted molar refractivity (Wildman–Crippen MR) is 103 cm³/mol. The van der Waals surface area contributed by atoms with Crippen LogP contribution in [0.25, 0.3) is 6.08 Å². The molecule has 1 aliphatic rings. The van der Waals surface area contributed by atoms with Crippen LogP contribution in [0, 0.1) is 13.8 Å². The zero-order chi connectivity index (χ0) is 19.6. The zero-order valence-corrected chi connectivity index (χ0v) is 15.4. The Balaban J connectivity index is 2.02. The van der Waals surface area contributed by atoms with Crippen LogP contribution in [0.2, 0.25) is 0 Å². The van der Waals surface area contributed by atoms with E-state index in [1.54, 1.807) is 36.4 Å². The van der Waals surface area contributed by atoms with E-state index in [4.69, 9.17) is 4.74 Å². The van der Waals surface area contributed by atoms with Crippen LogP contribution in [-0.2, 0) is 9.59 Å². The van der Waals surface area contributed by atoms with Gasteiger partial charge in [-0.3, -0.25) is 14.9 Å². The summed E-state index contributed by atoms with van der Waals surface area (Å²) in [4.78, 5) is 38.6. The summed E-state index contributed by atoms with van der Waals surface area (Å²) in [5, 5.41) is 2.24. The van der Waals surface area contributed by atoms with E-state index in [1.807, 2.05) is 26.8 Å². The van der Waals surface area contributed by atoms with Gasteiger partial charge in [0.1, 0.15) is 11.3 Å². The van der Waals surface area contributed by atoms with E-state index < -0.39 is 17.8 Å². The Kier molecular flexibility index (Phi) is 5.07. The molecule has 0 bridgehead atoms. The number of urea groups is 1. The largest absolute Gasteiger partial charge is 0.494 e. The first-order valence-corrected chi connectivity index (χ1v) is 8.63. The molecular weight excluding hydrogens is 344 g/mol. The highest BCUT2D eigenvalue weighted by Crippen LogP contribution is 2.27. The maximum Gasteiger partial charge on any atom is 0.335 e. The number of carbonyl (C=O) groups excluding carboxylic acids is 3. The minimum Gasteiger partial charge on any atom is -0.494 e. The Morgan fingerprint density at radius 2 is 1.81 bits per heavy atom. The van der Waals surface area contributed by atoms with Gasteiger partial charge in [-0.15, -0.1) is 0 Å². The van der Waals surface area contributed by atoms with E-state index in [-0.39, 0.29) is 5.57 Å². The number of carbonyl (C=O) groups is 3. The third-order valence-corrected chi connectivity index (χ3v) is 4.40. The Morgan fingerprint density at radius 1 is 1.07 bits per heavy atom. The molecule has 1 saturated heterocycles. The second kappa shape index (κ2) is 7.45. The van der Waals surface area contributed by atoms with Crippen LogP contribution in [0.5, 0.6) is 5.75 Å². The van der Waals surface area contributed by atoms with Gasteiger partial charge in [-0.25, -0.2) is 9.69 Å². The number of nitrogens with one attached hydrogen (secondary N) is 1. The number of benzene rings is 2. The molecule has 0 radical (unpaired) electrons. The van der Waals surface area contributed by atoms with Crippen LogP contribution in [-0.4, -0.2) is 24.5 Å². The number of ether oxygens (including phenoxy) is 1. The van der Waals surface area contributed by atoms with Gasteiger partial charge in [0.2, 0.25) is 0 Å². The van der Waals surface area contributed by atoms with Crippen molar-refractivity contribution in [3.8, 4) is 5.75 Å². The van der Waals surface area contributed by atoms with Crippen molar-refractivity contribution in [2.24, 2.45) is 0 Å². The molecule has 3 rings (SSSR count). The van der Waals surface area contributed by atoms with E-state index in [0.29, 0.717) is 23.6 Å². The first-order chi connectivity index (χ1) is 12.9. The Labute approximate surface area is 157 Å². The summed E-state index contributed by atoms with van der Waals surface area (Å²) in [6.45, 7) is 6.11. The lowest BCUT2D eigenvalue weighted by Gasteiger charge is -2.28. The van der Waals surface area contributed by atoms with E-state index in [2.05, 4.69) is 5.32 Å². The van der Waals surface area contributed by atoms with Gasteiger partial charge in [0.05, 0.1) is 12.3 Å². The molecule has 1 aliphatic heterocycles. The SMILES string of the molecule is CCOc1cccc(/C=C2\C(=O)NC(=O)N(c3cccc(C)c3C)C2=O)c1. The van der Waals surface area contributed by atoms with Crippen molar-refractivity contribution < 1.29 is 19.1 Å². The fourth-order valence-electron chi connectivity index (χ4n) is 2.88. The molecule has 4 amide bonds. The monoisotopic (exact) mass is 364 g/mol. The maximum absolute atomic E-state index is 13.0. The smallest absolute Gasteiger partial charge is 0.335 e. The molecule has 0 saturated carbocycles. The van der Waals surface area contributed by atoms with Crippen LogP contribution < -0.4 is 15.0 Å². The van der Waals surface area contributed by atoms with Gasteiger partial charge in [-0.1, -0.05) is 24.3 Å². The zero-order valence-electron chi connectivity index (χ0n) is 15.4. The van der Waals surface area contributed by atoms with E-state index in [1.165, 1.54) is 6.08 Å². The third kappa shape index (κ3) is 3.60. The van der Waals surface area contributed by atoms with Crippen molar-refractivity contribution in [3.63, 3.8) is 0 Å². The van der Waals surface area contributed by atoms with Gasteiger partial charge in [0.15, 0.2) is 0 Å². The molecule has 6 heteroatoms. The number of imide groups is 2. The Hall–Kier alpha value is -3.41. The molecule has 0 aliphatic carbocycles. The lowest BCUT2D eigenvalue weighted by atomic mass is 10.0. The number of rotatable bonds is 4. The summed E-state index contributed by atoms with van der Waals surface area (Å²) < 4.78 is 5.45. The minimum absolute atomic E-state index is 0.107. The Bertz CT molecular complexity index is 962. The lowest BCUT2D eigenvalue weighted by Crippen LogP contribution is -2.54. The highest BCUT2D eigenvalue weighted by Gasteiger charge is 2.37. The van der Waals surface area contributed by atoms with Crippen LogP contribution in [0.15, 0.2) is 48.0 Å². The Morgan fingerprint density at radius 3 is 2.56 bits per heavy atom. The average molecular weight is 364 g/mol. The van der Waals surface area contributed by atoms with Crippen molar-refractivity contribution in [2.45, 2.75) is 20.8 Å². The van der Waals surface area contributed by atoms with Gasteiger partial charge in [-0.2, -0.15) is 0 Å². The summed E-state index contributed by atoms with van der Waals surface area (Å²) in [7, 11) is 0. The fourth-order valence-corrected chi connectivity index (χ4v) is 2.88. The highest BCUT2D eigenvalue weighted by molar-refractivity contribution is 6.39. The first kappa shape index (κ1) is 18.4. The molecule has 1 fully saturated rings. The highest BCUT2D eigenvalue weighted by atomic mass is 16.5. The number of hydrogen-bond acceptors (Lipinski definition) is 4. The van der Waals surface area contributed by atoms with Crippen molar-refractivity contribution in [3.05, 3.63) is 64.7 Å². The summed E-state index contributed by atoms with van der Waals surface area (Å²) in [6.07, 6.45) is 1.46. The predicted octanol–water partition coefficient (Wildman–Crippen LogP) is 3.37. The number of hydrogen-bond donors (Lipinski definition) is 1. The van der Waals surface area contributed by atoms with Crippen molar-refractivity contribution in [2.75, 3.05) is 11.5 Å². The van der Waals surface area contributed by atoms with E-state index in [9.17, 15) is 14.4 Å². The quantitative estimate of drug-likeness (QED) is 0.667. The molecule has 0 spiro atoms. The van der Waals surface area contributed by atoms with Crippen LogP contribution in [0.4, 0.5) is 10.5 Å². The van der Waals surface area contributed by atoms with Crippen LogP contribution >= 0.6 is 0 Å². The average Bonchev–Trinajstić information content (AvgIpc) is 2.63. The summed E-state index contributed by atoms with van der Waals surface area (Å²) >= 11 is 0. The van der Waals surface area contributed by atoms with Crippen molar-refractivity contribution >= 4 is 29.6 Å². The number of nitrogens with zero attached hydrogens (tertiary/aromatic N) is 1. The maximum atomic E-state index is 13.0. The molecule has 27 heavy (non-hydrogen) atoms. The fraction of sp³-hybridized carbons (Fsp3) is 0.190. The number of amides is 4. The minimum atomic E-state index is -0.751. The van der Waals surface area contributed by atoms with Crippen LogP contribution in [0.1, 0.15) is 23.6 Å². The van der Waals surface area contributed by atoms with E-state index >= 15 is 0 Å². The van der Waals surface area contributed by atoms with Crippen molar-refractivity contribution in [1.82, 2.24) is 5.32 Å². The van der Waals surface area contributed by atoms with Gasteiger partial charge < -0.3 is 4.74 Å². The summed E-state index contributed by atoms with van der Waals surface area (Å²) in [6, 6.07) is 11.7. The van der Waals surface area contributed by atoms with Crippen molar-refractivity contribution in [1.29, 1.82) is 0 Å². The standard InChI is InChI=1S/C21H20N2O4/c1-4-27-16-9-6-8-15(11-16)12-17-19(24)22-21(26)23(20(17)25)18-10-5-7-13(2)14(18)3/h5-12H,4H2,1-3H3,(H,22,24,26)/b17-12+. The number of aryl methyl sites for hydroxylation is 1. The van der Waals surface area contributed by atoms with Gasteiger partial charge in [0, 0.05) is 0 Å². The molecule has 6 nitrogen and oxygen atoms in total. The second-order valence-corrected chi connectivity index (χ2v) is 6.18. The molecule has 0 unspecified atom stereocenters. The number of anilines is 1. The molecule has 2 aromatic carbocycles. The lowest BCUT2D eigenvalue weighted by molar-refractivity contribution is -0.122. The van der Waals surface area contributed by atoms with Gasteiger partial charge in [0.25, 0.3) is 11.8 Å². The molecule has 2 aromatic rings. The molecule has 1 N–H and O–H groups in total. The normalized spacial score (nSPS) is 15.9. The molecule has 0 aromatic heterocycles. The summed E-state index contributed by atoms with van der Waals surface area (Å²) in [5.41, 5.74) is 2.73. The van der Waals surface area contributed by atoms with Gasteiger partial charge in [-0.05, 0) is 61.7 Å². The van der Waals surface area contributed by atoms with Crippen LogP contribution in [0.3, 0.4) is 0 Å².